The Bertz CT molecular complexity index is 568. The highest BCUT2D eigenvalue weighted by Crippen LogP contribution is 2.22. The molecule has 0 radical (unpaired) electrons. The molecule has 1 N–H and O–H groups in total. The molecule has 0 aliphatic carbocycles. The van der Waals surface area contributed by atoms with Crippen LogP contribution in [-0.2, 0) is 9.59 Å². The van der Waals surface area contributed by atoms with Crippen molar-refractivity contribution < 1.29 is 14.5 Å². The van der Waals surface area contributed by atoms with Crippen LogP contribution in [0, 0.1) is 16.0 Å². The summed E-state index contributed by atoms with van der Waals surface area (Å²) < 4.78 is 0. The van der Waals surface area contributed by atoms with Gasteiger partial charge in [-0.05, 0) is 26.0 Å². The van der Waals surface area contributed by atoms with E-state index >= 15 is 0 Å². The maximum atomic E-state index is 12.1. The highest BCUT2D eigenvalue weighted by atomic mass is 16.6. The van der Waals surface area contributed by atoms with E-state index in [0.29, 0.717) is 12.2 Å². The third-order valence-corrected chi connectivity index (χ3v) is 3.50. The van der Waals surface area contributed by atoms with Gasteiger partial charge in [0.25, 0.3) is 5.69 Å². The molecule has 1 aromatic carbocycles. The molecule has 21 heavy (non-hydrogen) atoms. The average Bonchev–Trinajstić information content (AvgIpc) is 2.81. The van der Waals surface area contributed by atoms with Crippen molar-refractivity contribution in [3.63, 3.8) is 0 Å². The van der Waals surface area contributed by atoms with Gasteiger partial charge < -0.3 is 10.2 Å². The molecular weight excluding hydrogens is 274 g/mol. The molecule has 1 aliphatic heterocycles. The summed E-state index contributed by atoms with van der Waals surface area (Å²) in [6, 6.07) is 5.70. The number of likely N-dealkylation sites (tertiary alicyclic amines) is 1. The Morgan fingerprint density at radius 3 is 2.48 bits per heavy atom. The van der Waals surface area contributed by atoms with Crippen LogP contribution in [0.25, 0.3) is 0 Å². The van der Waals surface area contributed by atoms with Gasteiger partial charge in [-0.2, -0.15) is 0 Å². The Hall–Kier alpha value is -2.44. The molecule has 0 spiro atoms. The lowest BCUT2D eigenvalue weighted by Crippen LogP contribution is -2.33. The molecule has 7 nitrogen and oxygen atoms in total. The van der Waals surface area contributed by atoms with E-state index in [1.807, 2.05) is 13.8 Å². The molecule has 7 heteroatoms. The summed E-state index contributed by atoms with van der Waals surface area (Å²) in [6.07, 6.45) is 0.205. The first kappa shape index (κ1) is 15.0. The fraction of sp³-hybridized carbons (Fsp3) is 0.429. The fourth-order valence-electron chi connectivity index (χ4n) is 2.32. The normalized spacial score (nSPS) is 18.1. The van der Waals surface area contributed by atoms with Crippen LogP contribution in [0.3, 0.4) is 0 Å². The molecule has 1 aliphatic rings. The number of nitrogens with one attached hydrogen (secondary N) is 1. The Morgan fingerprint density at radius 1 is 1.38 bits per heavy atom. The third kappa shape index (κ3) is 3.36. The Labute approximate surface area is 122 Å². The summed E-state index contributed by atoms with van der Waals surface area (Å²) in [6.45, 7) is 4.23. The van der Waals surface area contributed by atoms with Gasteiger partial charge in [0, 0.05) is 36.8 Å². The first-order valence-corrected chi connectivity index (χ1v) is 6.73. The predicted molar refractivity (Wildman–Crippen MR) is 76.7 cm³/mol. The number of carbonyl (C=O) groups excluding carboxylic acids is 2. The van der Waals surface area contributed by atoms with Crippen molar-refractivity contribution in [2.75, 3.05) is 11.9 Å². The SMILES string of the molecule is CC(C)N1CC(C(=O)Nc2ccc([N+](=O)[O-])cc2)CC1=O. The molecule has 0 bridgehead atoms. The van der Waals surface area contributed by atoms with Crippen LogP contribution in [0.4, 0.5) is 11.4 Å². The lowest BCUT2D eigenvalue weighted by molar-refractivity contribution is -0.384. The smallest absolute Gasteiger partial charge is 0.269 e. The van der Waals surface area contributed by atoms with E-state index in [1.165, 1.54) is 24.3 Å². The molecule has 1 unspecified atom stereocenters. The van der Waals surface area contributed by atoms with Gasteiger partial charge in [0.15, 0.2) is 0 Å². The van der Waals surface area contributed by atoms with Crippen molar-refractivity contribution in [3.05, 3.63) is 34.4 Å². The van der Waals surface area contributed by atoms with Crippen LogP contribution in [0.5, 0.6) is 0 Å². The number of nitro groups is 1. The molecule has 1 heterocycles. The van der Waals surface area contributed by atoms with E-state index in [1.54, 1.807) is 4.90 Å². The van der Waals surface area contributed by atoms with Crippen molar-refractivity contribution in [2.45, 2.75) is 26.3 Å². The van der Waals surface area contributed by atoms with Gasteiger partial charge in [0.1, 0.15) is 0 Å². The summed E-state index contributed by atoms with van der Waals surface area (Å²) >= 11 is 0. The van der Waals surface area contributed by atoms with Crippen LogP contribution in [0.15, 0.2) is 24.3 Å². The lowest BCUT2D eigenvalue weighted by Gasteiger charge is -2.20. The van der Waals surface area contributed by atoms with Crippen LogP contribution in [0.2, 0.25) is 0 Å². The molecule has 1 aromatic rings. The van der Waals surface area contributed by atoms with Crippen molar-refractivity contribution in [3.8, 4) is 0 Å². The van der Waals surface area contributed by atoms with Gasteiger partial charge in [0.05, 0.1) is 10.8 Å². The second kappa shape index (κ2) is 5.90. The van der Waals surface area contributed by atoms with Crippen molar-refractivity contribution in [1.29, 1.82) is 0 Å². The third-order valence-electron chi connectivity index (χ3n) is 3.50. The minimum atomic E-state index is -0.498. The van der Waals surface area contributed by atoms with E-state index in [9.17, 15) is 19.7 Å². The van der Waals surface area contributed by atoms with Crippen LogP contribution >= 0.6 is 0 Å². The zero-order valence-electron chi connectivity index (χ0n) is 11.9. The number of nitrogens with zero attached hydrogens (tertiary/aromatic N) is 2. The summed E-state index contributed by atoms with van der Waals surface area (Å²) in [5.41, 5.74) is 0.455. The number of anilines is 1. The van der Waals surface area contributed by atoms with Crippen LogP contribution < -0.4 is 5.32 Å². The number of amides is 2. The summed E-state index contributed by atoms with van der Waals surface area (Å²) in [5, 5.41) is 13.2. The maximum Gasteiger partial charge on any atom is 0.269 e. The van der Waals surface area contributed by atoms with E-state index in [2.05, 4.69) is 5.32 Å². The van der Waals surface area contributed by atoms with Gasteiger partial charge in [-0.15, -0.1) is 0 Å². The predicted octanol–water partition coefficient (Wildman–Crippen LogP) is 1.79. The van der Waals surface area contributed by atoms with Gasteiger partial charge >= 0.3 is 0 Å². The van der Waals surface area contributed by atoms with E-state index in [0.717, 1.165) is 0 Å². The monoisotopic (exact) mass is 291 g/mol. The number of carbonyl (C=O) groups is 2. The summed E-state index contributed by atoms with van der Waals surface area (Å²) in [7, 11) is 0. The Balaban J connectivity index is 1.99. The first-order valence-electron chi connectivity index (χ1n) is 6.73. The molecule has 1 atom stereocenters. The highest BCUT2D eigenvalue weighted by Gasteiger charge is 2.35. The Morgan fingerprint density at radius 2 is 2.00 bits per heavy atom. The second-order valence-electron chi connectivity index (χ2n) is 5.33. The molecule has 112 valence electrons. The number of nitro benzene ring substituents is 1. The van der Waals surface area contributed by atoms with Gasteiger partial charge in [-0.1, -0.05) is 0 Å². The average molecular weight is 291 g/mol. The van der Waals surface area contributed by atoms with Crippen molar-refractivity contribution in [1.82, 2.24) is 4.90 Å². The minimum absolute atomic E-state index is 0.0196. The molecule has 0 aromatic heterocycles. The number of hydrogen-bond donors (Lipinski definition) is 1. The molecular formula is C14H17N3O4. The number of hydrogen-bond acceptors (Lipinski definition) is 4. The van der Waals surface area contributed by atoms with E-state index in [-0.39, 0.29) is 35.9 Å². The fourth-order valence-corrected chi connectivity index (χ4v) is 2.32. The van der Waals surface area contributed by atoms with Gasteiger partial charge in [0.2, 0.25) is 11.8 Å². The van der Waals surface area contributed by atoms with Gasteiger partial charge in [-0.25, -0.2) is 0 Å². The summed E-state index contributed by atoms with van der Waals surface area (Å²) in [4.78, 5) is 35.6. The zero-order valence-corrected chi connectivity index (χ0v) is 11.9. The first-order chi connectivity index (χ1) is 9.88. The largest absolute Gasteiger partial charge is 0.339 e. The van der Waals surface area contributed by atoms with Crippen LogP contribution in [0.1, 0.15) is 20.3 Å². The topological polar surface area (TPSA) is 92.6 Å². The molecule has 2 rings (SSSR count). The molecule has 1 fully saturated rings. The molecule has 1 saturated heterocycles. The highest BCUT2D eigenvalue weighted by molar-refractivity contribution is 5.97. The standard InChI is InChI=1S/C14H17N3O4/c1-9(2)16-8-10(7-13(16)18)14(19)15-11-3-5-12(6-4-11)17(20)21/h3-6,9-10H,7-8H2,1-2H3,(H,15,19). The molecule has 2 amide bonds. The lowest BCUT2D eigenvalue weighted by atomic mass is 10.1. The minimum Gasteiger partial charge on any atom is -0.339 e. The summed E-state index contributed by atoms with van der Waals surface area (Å²) in [5.74, 6) is -0.635. The zero-order chi connectivity index (χ0) is 15.6. The number of benzene rings is 1. The number of non-ortho nitro benzene ring substituents is 1. The quantitative estimate of drug-likeness (QED) is 0.676. The number of rotatable bonds is 4. The maximum absolute atomic E-state index is 12.1. The van der Waals surface area contributed by atoms with E-state index < -0.39 is 4.92 Å². The van der Waals surface area contributed by atoms with Gasteiger partial charge in [-0.3, -0.25) is 19.7 Å². The Kier molecular flexibility index (Phi) is 4.21. The van der Waals surface area contributed by atoms with Crippen molar-refractivity contribution >= 4 is 23.2 Å². The second-order valence-corrected chi connectivity index (χ2v) is 5.33. The van der Waals surface area contributed by atoms with Crippen molar-refractivity contribution in [2.24, 2.45) is 5.92 Å². The van der Waals surface area contributed by atoms with E-state index in [4.69, 9.17) is 0 Å². The molecule has 0 saturated carbocycles. The van der Waals surface area contributed by atoms with Crippen LogP contribution in [-0.4, -0.2) is 34.2 Å².